The lowest BCUT2D eigenvalue weighted by molar-refractivity contribution is 0.390. The molecule has 0 fully saturated rings. The van der Waals surface area contributed by atoms with Crippen LogP contribution in [0.5, 0.6) is 0 Å². The van der Waals surface area contributed by atoms with Crippen LogP contribution < -0.4 is 4.72 Å². The number of aromatic amines is 1. The molecule has 0 saturated heterocycles. The summed E-state index contributed by atoms with van der Waals surface area (Å²) in [4.78, 5) is 4.48. The van der Waals surface area contributed by atoms with Crippen molar-refractivity contribution >= 4 is 21.1 Å². The molecule has 1 aliphatic carbocycles. The zero-order valence-corrected chi connectivity index (χ0v) is 14.1. The third kappa shape index (κ3) is 2.40. The van der Waals surface area contributed by atoms with Crippen molar-refractivity contribution < 1.29 is 12.9 Å². The first-order valence-corrected chi connectivity index (χ1v) is 9.19. The van der Waals surface area contributed by atoms with Crippen LogP contribution in [0.15, 0.2) is 21.8 Å². The van der Waals surface area contributed by atoms with Crippen molar-refractivity contribution in [3.05, 3.63) is 35.0 Å². The van der Waals surface area contributed by atoms with Crippen LogP contribution >= 0.6 is 0 Å². The summed E-state index contributed by atoms with van der Waals surface area (Å²) < 4.78 is 33.0. The molecule has 2 N–H and O–H groups in total. The molecule has 0 amide bonds. The Kier molecular flexibility index (Phi) is 3.43. The van der Waals surface area contributed by atoms with E-state index in [-0.39, 0.29) is 10.9 Å². The average molecular weight is 347 g/mol. The number of nitrogens with zero attached hydrogens (tertiary/aromatic N) is 3. The van der Waals surface area contributed by atoms with E-state index >= 15 is 0 Å². The van der Waals surface area contributed by atoms with Crippen molar-refractivity contribution in [2.45, 2.75) is 44.0 Å². The van der Waals surface area contributed by atoms with Gasteiger partial charge in [0.1, 0.15) is 10.6 Å². The van der Waals surface area contributed by atoms with Gasteiger partial charge in [-0.3, -0.25) is 5.10 Å². The summed E-state index contributed by atoms with van der Waals surface area (Å²) in [6.07, 6.45) is 5.68. The van der Waals surface area contributed by atoms with Crippen LogP contribution in [0.4, 0.5) is 0 Å². The largest absolute Gasteiger partial charge is 0.360 e. The number of hydrogen-bond acceptors (Lipinski definition) is 6. The molecule has 9 heteroatoms. The van der Waals surface area contributed by atoms with E-state index in [4.69, 9.17) is 4.52 Å². The van der Waals surface area contributed by atoms with Gasteiger partial charge in [0, 0.05) is 17.6 Å². The Balaban J connectivity index is 1.61. The fourth-order valence-corrected chi connectivity index (χ4v) is 4.99. The van der Waals surface area contributed by atoms with Gasteiger partial charge in [0.2, 0.25) is 10.0 Å². The lowest BCUT2D eigenvalue weighted by Crippen LogP contribution is -2.39. The minimum absolute atomic E-state index is 0.136. The predicted molar refractivity (Wildman–Crippen MR) is 86.0 cm³/mol. The third-order valence-electron chi connectivity index (χ3n) is 4.45. The van der Waals surface area contributed by atoms with Gasteiger partial charge in [-0.15, -0.1) is 0 Å². The average Bonchev–Trinajstić information content (AvgIpc) is 3.13. The number of sulfonamides is 1. The molecule has 1 atom stereocenters. The van der Waals surface area contributed by atoms with Gasteiger partial charge in [-0.25, -0.2) is 18.1 Å². The minimum Gasteiger partial charge on any atom is -0.360 e. The highest BCUT2D eigenvalue weighted by Crippen LogP contribution is 2.28. The number of nitrogens with one attached hydrogen (secondary N) is 2. The Hall–Kier alpha value is -2.26. The van der Waals surface area contributed by atoms with Crippen molar-refractivity contribution in [3.8, 4) is 0 Å². The van der Waals surface area contributed by atoms with Gasteiger partial charge in [-0.2, -0.15) is 5.10 Å². The van der Waals surface area contributed by atoms with Crippen LogP contribution in [0.1, 0.15) is 29.0 Å². The SMILES string of the molecule is Cc1noc(C)c1S(=O)(=O)NC1CCc2c(cnc3[nH]ncc23)C1. The van der Waals surface area contributed by atoms with Gasteiger partial charge >= 0.3 is 0 Å². The van der Waals surface area contributed by atoms with Crippen molar-refractivity contribution in [1.82, 2.24) is 25.1 Å². The molecule has 3 heterocycles. The number of fused-ring (bicyclic) bond motifs is 3. The van der Waals surface area contributed by atoms with E-state index in [0.717, 1.165) is 29.4 Å². The first-order valence-electron chi connectivity index (χ1n) is 7.71. The molecule has 0 aliphatic heterocycles. The second kappa shape index (κ2) is 5.38. The van der Waals surface area contributed by atoms with Crippen LogP contribution in [0.2, 0.25) is 0 Å². The molecule has 4 rings (SSSR count). The summed E-state index contributed by atoms with van der Waals surface area (Å²) in [5.41, 5.74) is 3.39. The highest BCUT2D eigenvalue weighted by Gasteiger charge is 2.29. The number of H-pyrrole nitrogens is 1. The maximum absolute atomic E-state index is 12.6. The maximum atomic E-state index is 12.6. The first-order chi connectivity index (χ1) is 11.5. The number of pyridine rings is 1. The molecule has 126 valence electrons. The van der Waals surface area contributed by atoms with Crippen LogP contribution in [-0.4, -0.2) is 34.8 Å². The fourth-order valence-electron chi connectivity index (χ4n) is 3.39. The summed E-state index contributed by atoms with van der Waals surface area (Å²) in [7, 11) is -3.66. The number of aromatic nitrogens is 4. The Morgan fingerprint density at radius 3 is 2.92 bits per heavy atom. The van der Waals surface area contributed by atoms with Gasteiger partial charge in [0.15, 0.2) is 11.4 Å². The first kappa shape index (κ1) is 15.3. The van der Waals surface area contributed by atoms with E-state index in [9.17, 15) is 8.42 Å². The second-order valence-corrected chi connectivity index (χ2v) is 7.76. The van der Waals surface area contributed by atoms with Gasteiger partial charge in [0.05, 0.1) is 6.20 Å². The number of hydrogen-bond donors (Lipinski definition) is 2. The predicted octanol–water partition coefficient (Wildman–Crippen LogP) is 1.40. The van der Waals surface area contributed by atoms with E-state index < -0.39 is 10.0 Å². The Bertz CT molecular complexity index is 1000. The Morgan fingerprint density at radius 2 is 2.17 bits per heavy atom. The van der Waals surface area contributed by atoms with Crippen molar-refractivity contribution in [1.29, 1.82) is 0 Å². The van der Waals surface area contributed by atoms with Gasteiger partial charge < -0.3 is 4.52 Å². The quantitative estimate of drug-likeness (QED) is 0.740. The molecular formula is C15H17N5O3S. The van der Waals surface area contributed by atoms with Crippen molar-refractivity contribution in [3.63, 3.8) is 0 Å². The smallest absolute Gasteiger partial charge is 0.246 e. The molecule has 24 heavy (non-hydrogen) atoms. The lowest BCUT2D eigenvalue weighted by Gasteiger charge is -2.25. The number of aryl methyl sites for hydroxylation is 3. The summed E-state index contributed by atoms with van der Waals surface area (Å²) in [5, 5.41) is 11.6. The second-order valence-electron chi connectivity index (χ2n) is 6.11. The highest BCUT2D eigenvalue weighted by atomic mass is 32.2. The normalized spacial score (nSPS) is 18.0. The Labute approximate surface area is 138 Å². The topological polar surface area (TPSA) is 114 Å². The molecule has 0 aromatic carbocycles. The zero-order chi connectivity index (χ0) is 16.9. The van der Waals surface area contributed by atoms with E-state index in [2.05, 4.69) is 25.1 Å². The van der Waals surface area contributed by atoms with Crippen LogP contribution in [-0.2, 0) is 22.9 Å². The van der Waals surface area contributed by atoms with E-state index in [1.165, 1.54) is 5.56 Å². The summed E-state index contributed by atoms with van der Waals surface area (Å²) in [6, 6.07) is -0.178. The molecule has 1 unspecified atom stereocenters. The zero-order valence-electron chi connectivity index (χ0n) is 13.3. The molecule has 3 aromatic rings. The lowest BCUT2D eigenvalue weighted by atomic mass is 9.88. The highest BCUT2D eigenvalue weighted by molar-refractivity contribution is 7.89. The molecule has 0 bridgehead atoms. The number of rotatable bonds is 3. The Morgan fingerprint density at radius 1 is 1.33 bits per heavy atom. The van der Waals surface area contributed by atoms with E-state index in [1.807, 2.05) is 0 Å². The molecule has 0 radical (unpaired) electrons. The summed E-state index contributed by atoms with van der Waals surface area (Å²) in [6.45, 7) is 3.23. The summed E-state index contributed by atoms with van der Waals surface area (Å²) in [5.74, 6) is 0.304. The van der Waals surface area contributed by atoms with Gasteiger partial charge in [-0.1, -0.05) is 5.16 Å². The standard InChI is InChI=1S/C15H17N5O3S/c1-8-14(9(2)23-19-8)24(21,22)20-11-3-4-12-10(5-11)6-16-15-13(12)7-17-18-15/h6-7,11,20H,3-5H2,1-2H3,(H,16,17,18). The molecule has 3 aromatic heterocycles. The third-order valence-corrected chi connectivity index (χ3v) is 6.21. The van der Waals surface area contributed by atoms with Gasteiger partial charge in [0.25, 0.3) is 0 Å². The molecule has 0 spiro atoms. The van der Waals surface area contributed by atoms with Crippen molar-refractivity contribution in [2.75, 3.05) is 0 Å². The van der Waals surface area contributed by atoms with Gasteiger partial charge in [-0.05, 0) is 44.2 Å². The molecule has 1 aliphatic rings. The van der Waals surface area contributed by atoms with E-state index in [0.29, 0.717) is 17.9 Å². The minimum atomic E-state index is -3.66. The molecule has 8 nitrogen and oxygen atoms in total. The van der Waals surface area contributed by atoms with Crippen LogP contribution in [0.3, 0.4) is 0 Å². The monoisotopic (exact) mass is 347 g/mol. The van der Waals surface area contributed by atoms with Crippen molar-refractivity contribution in [2.24, 2.45) is 0 Å². The molecular weight excluding hydrogens is 330 g/mol. The van der Waals surface area contributed by atoms with Crippen LogP contribution in [0, 0.1) is 13.8 Å². The van der Waals surface area contributed by atoms with E-state index in [1.54, 1.807) is 26.2 Å². The molecule has 0 saturated carbocycles. The van der Waals surface area contributed by atoms with Crippen LogP contribution in [0.25, 0.3) is 11.0 Å². The summed E-state index contributed by atoms with van der Waals surface area (Å²) >= 11 is 0. The maximum Gasteiger partial charge on any atom is 0.246 e. The fraction of sp³-hybridized carbons (Fsp3) is 0.400.